The number of carbonyl (C=O) groups excluding carboxylic acids is 3. The van der Waals surface area contributed by atoms with Crippen molar-refractivity contribution in [1.29, 1.82) is 0 Å². The molecule has 0 aliphatic heterocycles. The molecule has 0 heterocycles. The zero-order valence-electron chi connectivity index (χ0n) is 16.0. The first kappa shape index (κ1) is 18.1. The normalized spacial score (nSPS) is 39.2. The molecule has 0 amide bonds. The van der Waals surface area contributed by atoms with Gasteiger partial charge in [0.2, 0.25) is 0 Å². The van der Waals surface area contributed by atoms with Crippen LogP contribution in [0.25, 0.3) is 0 Å². The maximum absolute atomic E-state index is 13.5. The molecule has 2 saturated carbocycles. The molecule has 4 nitrogen and oxygen atoms in total. The Balaban J connectivity index is 2.26. The molecule has 2 unspecified atom stereocenters. The molecule has 0 aromatic carbocycles. The molecule has 1 N–H and O–H groups in total. The van der Waals surface area contributed by atoms with Crippen LogP contribution in [-0.4, -0.2) is 22.5 Å². The van der Waals surface area contributed by atoms with Crippen molar-refractivity contribution in [1.82, 2.24) is 0 Å². The summed E-state index contributed by atoms with van der Waals surface area (Å²) in [4.78, 5) is 39.5. The van der Waals surface area contributed by atoms with Gasteiger partial charge in [0.15, 0.2) is 17.3 Å². The summed E-state index contributed by atoms with van der Waals surface area (Å²) < 4.78 is 0. The van der Waals surface area contributed by atoms with E-state index >= 15 is 0 Å². The summed E-state index contributed by atoms with van der Waals surface area (Å²) in [6.45, 7) is 15.3. The van der Waals surface area contributed by atoms with Crippen LogP contribution >= 0.6 is 0 Å². The van der Waals surface area contributed by atoms with Gasteiger partial charge in [-0.2, -0.15) is 0 Å². The maximum atomic E-state index is 13.5. The minimum Gasteiger partial charge on any atom is -0.510 e. The number of allylic oxidation sites excluding steroid dienone is 3. The van der Waals surface area contributed by atoms with Gasteiger partial charge in [-0.1, -0.05) is 39.8 Å². The summed E-state index contributed by atoms with van der Waals surface area (Å²) in [5.41, 5.74) is -1.76. The second kappa shape index (κ2) is 4.93. The molecule has 3 rings (SSSR count). The van der Waals surface area contributed by atoms with Crippen molar-refractivity contribution in [2.45, 2.75) is 54.4 Å². The van der Waals surface area contributed by atoms with E-state index in [1.54, 1.807) is 20.8 Å². The Labute approximate surface area is 149 Å². The third kappa shape index (κ3) is 1.86. The molecule has 0 aromatic rings. The molecule has 4 heteroatoms. The van der Waals surface area contributed by atoms with E-state index in [0.717, 1.165) is 5.57 Å². The smallest absolute Gasteiger partial charge is 0.183 e. The first-order valence-electron chi connectivity index (χ1n) is 9.06. The average Bonchev–Trinajstić information content (AvgIpc) is 2.85. The van der Waals surface area contributed by atoms with Crippen LogP contribution in [0.1, 0.15) is 54.4 Å². The lowest BCUT2D eigenvalue weighted by Crippen LogP contribution is -2.49. The molecular weight excluding hydrogens is 316 g/mol. The Morgan fingerprint density at radius 1 is 1.20 bits per heavy atom. The van der Waals surface area contributed by atoms with E-state index in [1.165, 1.54) is 0 Å². The fourth-order valence-electron chi connectivity index (χ4n) is 5.78. The lowest BCUT2D eigenvalue weighted by Gasteiger charge is -2.35. The standard InChI is InChI=1S/C21H28O4/c1-10(2)12-8-21-13(19(12,5)6)9-20(7,18(21)25)16(23)14(17(21)24)15(22)11(3)4/h11-13,23H,1,8-9H2,2-7H3/t12-,13?,20+,21?/m1/s1. The van der Waals surface area contributed by atoms with E-state index in [-0.39, 0.29) is 40.1 Å². The molecule has 3 aliphatic carbocycles. The zero-order chi connectivity index (χ0) is 19.1. The number of hydrogen-bond acceptors (Lipinski definition) is 4. The molecular formula is C21H28O4. The summed E-state index contributed by atoms with van der Waals surface area (Å²) in [5, 5.41) is 10.8. The SMILES string of the molecule is C=C(C)[C@H]1CC23C(=O)C(C(=O)C(C)C)=C(O)[C@](C)(CC2C1(C)C)C3=O. The molecule has 0 saturated heterocycles. The zero-order valence-corrected chi connectivity index (χ0v) is 16.0. The lowest BCUT2D eigenvalue weighted by atomic mass is 9.64. The predicted molar refractivity (Wildman–Crippen MR) is 94.9 cm³/mol. The van der Waals surface area contributed by atoms with Crippen LogP contribution in [0.3, 0.4) is 0 Å². The van der Waals surface area contributed by atoms with E-state index in [9.17, 15) is 19.5 Å². The lowest BCUT2D eigenvalue weighted by molar-refractivity contribution is -0.144. The number of Topliss-reactive ketones (excluding diaryl/α,β-unsaturated/α-hetero) is 3. The maximum Gasteiger partial charge on any atom is 0.183 e. The quantitative estimate of drug-likeness (QED) is 0.480. The van der Waals surface area contributed by atoms with Crippen LogP contribution in [0.5, 0.6) is 0 Å². The van der Waals surface area contributed by atoms with E-state index < -0.39 is 22.5 Å². The van der Waals surface area contributed by atoms with Crippen LogP contribution in [0.2, 0.25) is 0 Å². The first-order chi connectivity index (χ1) is 11.3. The van der Waals surface area contributed by atoms with Crippen molar-refractivity contribution in [3.8, 4) is 0 Å². The van der Waals surface area contributed by atoms with Crippen molar-refractivity contribution in [3.05, 3.63) is 23.5 Å². The number of hydrogen-bond donors (Lipinski definition) is 1. The van der Waals surface area contributed by atoms with Crippen molar-refractivity contribution >= 4 is 17.3 Å². The number of aliphatic hydroxyl groups is 1. The second-order valence-corrected chi connectivity index (χ2v) is 9.39. The van der Waals surface area contributed by atoms with Gasteiger partial charge in [-0.25, -0.2) is 0 Å². The summed E-state index contributed by atoms with van der Waals surface area (Å²) in [5.74, 6) is -1.87. The number of carbonyl (C=O) groups is 3. The van der Waals surface area contributed by atoms with Crippen LogP contribution < -0.4 is 0 Å². The van der Waals surface area contributed by atoms with E-state index in [0.29, 0.717) is 12.8 Å². The van der Waals surface area contributed by atoms with Gasteiger partial charge in [-0.3, -0.25) is 14.4 Å². The Kier molecular flexibility index (Phi) is 3.56. The Morgan fingerprint density at radius 3 is 2.24 bits per heavy atom. The molecule has 1 spiro atoms. The molecule has 136 valence electrons. The minimum absolute atomic E-state index is 0.0468. The number of rotatable bonds is 3. The summed E-state index contributed by atoms with van der Waals surface area (Å²) in [6.07, 6.45) is 0.810. The van der Waals surface area contributed by atoms with Gasteiger partial charge in [0.05, 0.1) is 10.8 Å². The molecule has 3 aliphatic rings. The van der Waals surface area contributed by atoms with Crippen molar-refractivity contribution < 1.29 is 19.5 Å². The number of fused-ring (bicyclic) bond motifs is 1. The topological polar surface area (TPSA) is 71.4 Å². The van der Waals surface area contributed by atoms with Crippen LogP contribution in [0.15, 0.2) is 23.5 Å². The predicted octanol–water partition coefficient (Wildman–Crippen LogP) is 3.81. The molecule has 2 fully saturated rings. The first-order valence-corrected chi connectivity index (χ1v) is 9.06. The molecule has 0 aromatic heterocycles. The number of aliphatic hydroxyl groups excluding tert-OH is 1. The van der Waals surface area contributed by atoms with Crippen LogP contribution in [0, 0.1) is 34.0 Å². The highest BCUT2D eigenvalue weighted by Gasteiger charge is 2.76. The highest BCUT2D eigenvalue weighted by Crippen LogP contribution is 2.71. The monoisotopic (exact) mass is 344 g/mol. The fraction of sp³-hybridized carbons (Fsp3) is 0.667. The fourth-order valence-corrected chi connectivity index (χ4v) is 5.78. The summed E-state index contributed by atoms with van der Waals surface area (Å²) in [6, 6.07) is 0. The van der Waals surface area contributed by atoms with Gasteiger partial charge in [0, 0.05) is 5.92 Å². The van der Waals surface area contributed by atoms with Gasteiger partial charge in [0.25, 0.3) is 0 Å². The molecule has 2 bridgehead atoms. The van der Waals surface area contributed by atoms with Crippen LogP contribution in [-0.2, 0) is 14.4 Å². The Hall–Kier alpha value is -1.71. The van der Waals surface area contributed by atoms with Crippen LogP contribution in [0.4, 0.5) is 0 Å². The Morgan fingerprint density at radius 2 is 1.76 bits per heavy atom. The second-order valence-electron chi connectivity index (χ2n) is 9.39. The summed E-state index contributed by atoms with van der Waals surface area (Å²) >= 11 is 0. The largest absolute Gasteiger partial charge is 0.510 e. The average molecular weight is 344 g/mol. The van der Waals surface area contributed by atoms with E-state index in [4.69, 9.17) is 0 Å². The van der Waals surface area contributed by atoms with Gasteiger partial charge < -0.3 is 5.11 Å². The molecule has 25 heavy (non-hydrogen) atoms. The van der Waals surface area contributed by atoms with Crippen molar-refractivity contribution in [2.24, 2.45) is 34.0 Å². The van der Waals surface area contributed by atoms with Crippen molar-refractivity contribution in [2.75, 3.05) is 0 Å². The molecule has 0 radical (unpaired) electrons. The molecule has 4 atom stereocenters. The number of ketones is 3. The van der Waals surface area contributed by atoms with Gasteiger partial charge >= 0.3 is 0 Å². The highest BCUT2D eigenvalue weighted by atomic mass is 16.3. The van der Waals surface area contributed by atoms with Gasteiger partial charge in [-0.05, 0) is 43.9 Å². The Bertz CT molecular complexity index is 754. The van der Waals surface area contributed by atoms with E-state index in [2.05, 4.69) is 20.4 Å². The van der Waals surface area contributed by atoms with Crippen molar-refractivity contribution in [3.63, 3.8) is 0 Å². The summed E-state index contributed by atoms with van der Waals surface area (Å²) in [7, 11) is 0. The van der Waals surface area contributed by atoms with E-state index in [1.807, 2.05) is 6.92 Å². The third-order valence-electron chi connectivity index (χ3n) is 7.19. The third-order valence-corrected chi connectivity index (χ3v) is 7.19. The minimum atomic E-state index is -1.19. The van der Waals surface area contributed by atoms with Gasteiger partial charge in [0.1, 0.15) is 11.3 Å². The highest BCUT2D eigenvalue weighted by molar-refractivity contribution is 6.32. The van der Waals surface area contributed by atoms with Gasteiger partial charge in [-0.15, -0.1) is 0 Å².